The summed E-state index contributed by atoms with van der Waals surface area (Å²) in [6, 6.07) is 11.3. The van der Waals surface area contributed by atoms with Gasteiger partial charge >= 0.3 is 6.18 Å². The van der Waals surface area contributed by atoms with Gasteiger partial charge in [0, 0.05) is 23.8 Å². The second-order valence-corrected chi connectivity index (χ2v) is 11.3. The van der Waals surface area contributed by atoms with Gasteiger partial charge in [0.05, 0.1) is 10.5 Å². The number of halogens is 3. The highest BCUT2D eigenvalue weighted by molar-refractivity contribution is 7.86. The van der Waals surface area contributed by atoms with Crippen LogP contribution >= 0.6 is 0 Å². The van der Waals surface area contributed by atoms with E-state index in [4.69, 9.17) is 0 Å². The van der Waals surface area contributed by atoms with E-state index in [9.17, 15) is 22.2 Å². The van der Waals surface area contributed by atoms with Gasteiger partial charge < -0.3 is 9.62 Å². The lowest BCUT2D eigenvalue weighted by Gasteiger charge is -2.39. The summed E-state index contributed by atoms with van der Waals surface area (Å²) in [5, 5.41) is 0. The number of rotatable bonds is 4. The molecule has 2 bridgehead atoms. The van der Waals surface area contributed by atoms with E-state index < -0.39 is 22.7 Å². The van der Waals surface area contributed by atoms with Crippen molar-refractivity contribution in [1.82, 2.24) is 4.90 Å². The number of anilines is 1. The lowest BCUT2D eigenvalue weighted by atomic mass is 9.65. The molecule has 0 radical (unpaired) electrons. The van der Waals surface area contributed by atoms with Gasteiger partial charge in [-0.05, 0) is 72.6 Å². The number of alkyl halides is 3. The van der Waals surface area contributed by atoms with Crippen LogP contribution in [0.3, 0.4) is 0 Å². The van der Waals surface area contributed by atoms with Crippen molar-refractivity contribution in [1.29, 1.82) is 0 Å². The quantitative estimate of drug-likeness (QED) is 0.614. The van der Waals surface area contributed by atoms with Crippen LogP contribution in [-0.4, -0.2) is 27.6 Å². The van der Waals surface area contributed by atoms with Gasteiger partial charge in [-0.25, -0.2) is 4.21 Å². The van der Waals surface area contributed by atoms with Crippen molar-refractivity contribution in [3.63, 3.8) is 0 Å². The summed E-state index contributed by atoms with van der Waals surface area (Å²) in [7, 11) is -1.86. The van der Waals surface area contributed by atoms with E-state index in [1.165, 1.54) is 12.1 Å². The Morgan fingerprint density at radius 1 is 1.09 bits per heavy atom. The van der Waals surface area contributed by atoms with E-state index in [1.807, 2.05) is 4.90 Å². The number of nitrogens with zero attached hydrogens (tertiary/aromatic N) is 1. The van der Waals surface area contributed by atoms with E-state index in [0.29, 0.717) is 11.3 Å². The first-order valence-corrected chi connectivity index (χ1v) is 11.8. The van der Waals surface area contributed by atoms with E-state index in [0.717, 1.165) is 37.9 Å². The van der Waals surface area contributed by atoms with Gasteiger partial charge in [-0.2, -0.15) is 13.2 Å². The first-order chi connectivity index (χ1) is 14.9. The number of fused-ring (bicyclic) bond motifs is 2. The summed E-state index contributed by atoms with van der Waals surface area (Å²) >= 11 is 0. The van der Waals surface area contributed by atoms with Crippen LogP contribution < -0.4 is 4.72 Å². The molecule has 0 aromatic heterocycles. The Kier molecular flexibility index (Phi) is 5.64. The molecule has 2 aliphatic rings. The monoisotopic (exact) mass is 464 g/mol. The molecular formula is C24H27F3N2O2S. The molecule has 2 fully saturated rings. The Morgan fingerprint density at radius 3 is 2.44 bits per heavy atom. The van der Waals surface area contributed by atoms with Crippen LogP contribution in [0.15, 0.2) is 53.4 Å². The van der Waals surface area contributed by atoms with Crippen molar-refractivity contribution < 1.29 is 22.2 Å². The number of benzene rings is 2. The Morgan fingerprint density at radius 2 is 1.78 bits per heavy atom. The number of carbonyl (C=O) groups excluding carboxylic acids is 1. The maximum Gasteiger partial charge on any atom is 0.416 e. The molecule has 4 rings (SSSR count). The molecule has 4 nitrogen and oxygen atoms in total. The fraction of sp³-hybridized carbons (Fsp3) is 0.458. The lowest BCUT2D eigenvalue weighted by molar-refractivity contribution is -0.137. The van der Waals surface area contributed by atoms with E-state index in [1.54, 1.807) is 24.3 Å². The molecule has 3 unspecified atom stereocenters. The molecule has 0 spiro atoms. The molecule has 2 aromatic rings. The molecule has 1 N–H and O–H groups in total. The summed E-state index contributed by atoms with van der Waals surface area (Å²) in [4.78, 5) is 15.2. The number of hydrogen-bond donors (Lipinski definition) is 1. The average Bonchev–Trinajstić information content (AvgIpc) is 2.96. The molecule has 172 valence electrons. The first kappa shape index (κ1) is 22.8. The number of likely N-dealkylation sites (tertiary alicyclic amines) is 1. The zero-order chi connectivity index (χ0) is 23.3. The Hall–Kier alpha value is -2.35. The Bertz CT molecular complexity index is 1050. The van der Waals surface area contributed by atoms with E-state index in [-0.39, 0.29) is 27.7 Å². The highest BCUT2D eigenvalue weighted by Gasteiger charge is 2.51. The van der Waals surface area contributed by atoms with Crippen LogP contribution in [0, 0.1) is 10.8 Å². The van der Waals surface area contributed by atoms with Crippen molar-refractivity contribution in [2.24, 2.45) is 10.8 Å². The minimum atomic E-state index is -4.50. The Balaban J connectivity index is 1.45. The third-order valence-electron chi connectivity index (χ3n) is 6.39. The van der Waals surface area contributed by atoms with Crippen LogP contribution in [0.2, 0.25) is 0 Å². The molecule has 1 heterocycles. The number of amides is 1. The molecule has 32 heavy (non-hydrogen) atoms. The topological polar surface area (TPSA) is 49.4 Å². The minimum absolute atomic E-state index is 0.0121. The third-order valence-corrected chi connectivity index (χ3v) is 7.50. The van der Waals surface area contributed by atoms with Crippen molar-refractivity contribution in [2.45, 2.75) is 57.1 Å². The van der Waals surface area contributed by atoms with Crippen LogP contribution in [0.25, 0.3) is 0 Å². The zero-order valence-electron chi connectivity index (χ0n) is 18.3. The number of nitrogens with one attached hydrogen (secondary N) is 1. The van der Waals surface area contributed by atoms with Gasteiger partial charge in [0.1, 0.15) is 11.0 Å². The maximum atomic E-state index is 13.2. The van der Waals surface area contributed by atoms with E-state index >= 15 is 0 Å². The van der Waals surface area contributed by atoms with Crippen LogP contribution in [-0.2, 0) is 17.2 Å². The zero-order valence-corrected chi connectivity index (χ0v) is 19.1. The predicted molar refractivity (Wildman–Crippen MR) is 118 cm³/mol. The van der Waals surface area contributed by atoms with Crippen molar-refractivity contribution in [3.05, 3.63) is 59.7 Å². The summed E-state index contributed by atoms with van der Waals surface area (Å²) in [5.74, 6) is -0.0121. The molecule has 2 aromatic carbocycles. The maximum absolute atomic E-state index is 13.2. The van der Waals surface area contributed by atoms with Gasteiger partial charge in [0.25, 0.3) is 5.91 Å². The van der Waals surface area contributed by atoms with Gasteiger partial charge in [-0.1, -0.05) is 26.8 Å². The van der Waals surface area contributed by atoms with Crippen molar-refractivity contribution in [3.8, 4) is 0 Å². The van der Waals surface area contributed by atoms with E-state index in [2.05, 4.69) is 25.5 Å². The number of carbonyl (C=O) groups is 1. The summed E-state index contributed by atoms with van der Waals surface area (Å²) < 4.78 is 53.9. The summed E-state index contributed by atoms with van der Waals surface area (Å²) in [5.41, 5.74) is 0.526. The van der Waals surface area contributed by atoms with Crippen LogP contribution in [0.4, 0.5) is 18.9 Å². The average molecular weight is 465 g/mol. The second-order valence-electron chi connectivity index (χ2n) is 10.1. The Labute approximate surface area is 188 Å². The predicted octanol–water partition coefficient (Wildman–Crippen LogP) is 5.88. The van der Waals surface area contributed by atoms with Crippen LogP contribution in [0.1, 0.15) is 56.0 Å². The SMILES string of the molecule is CC1(C)CC2CC(C)(CN2C(=O)c2ccc(NS(=O)c3cccc(C(F)(F)F)c3)cc2)C1. The molecule has 8 heteroatoms. The van der Waals surface area contributed by atoms with Gasteiger partial charge in [0.15, 0.2) is 0 Å². The highest BCUT2D eigenvalue weighted by Crippen LogP contribution is 2.52. The minimum Gasteiger partial charge on any atom is -0.335 e. The normalized spacial score (nSPS) is 25.4. The van der Waals surface area contributed by atoms with Crippen molar-refractivity contribution in [2.75, 3.05) is 11.3 Å². The second kappa shape index (κ2) is 7.90. The van der Waals surface area contributed by atoms with Crippen LogP contribution in [0.5, 0.6) is 0 Å². The smallest absolute Gasteiger partial charge is 0.335 e. The fourth-order valence-electron chi connectivity index (χ4n) is 5.50. The molecule has 1 saturated carbocycles. The largest absolute Gasteiger partial charge is 0.416 e. The summed E-state index contributed by atoms with van der Waals surface area (Å²) in [6.45, 7) is 7.52. The van der Waals surface area contributed by atoms with Gasteiger partial charge in [0.2, 0.25) is 0 Å². The molecule has 1 amide bonds. The molecule has 1 aliphatic carbocycles. The third kappa shape index (κ3) is 4.70. The molecule has 3 atom stereocenters. The highest BCUT2D eigenvalue weighted by atomic mass is 32.2. The fourth-order valence-corrected chi connectivity index (χ4v) is 6.40. The van der Waals surface area contributed by atoms with Crippen molar-refractivity contribution >= 4 is 22.6 Å². The molecular weight excluding hydrogens is 437 g/mol. The first-order valence-electron chi connectivity index (χ1n) is 10.6. The number of hydrogen-bond acceptors (Lipinski definition) is 2. The lowest BCUT2D eigenvalue weighted by Crippen LogP contribution is -2.37. The summed E-state index contributed by atoms with van der Waals surface area (Å²) in [6.07, 6.45) is -1.38. The van der Waals surface area contributed by atoms with Gasteiger partial charge in [-0.15, -0.1) is 0 Å². The molecule has 1 aliphatic heterocycles. The van der Waals surface area contributed by atoms with Gasteiger partial charge in [-0.3, -0.25) is 4.79 Å². The standard InChI is InChI=1S/C24H27F3N2O2S/c1-22(2)12-19-13-23(3,14-22)15-29(19)21(30)16-7-9-18(10-8-16)28-32(31)20-6-4-5-17(11-20)24(25,26)27/h4-11,19,28H,12-15H2,1-3H3. The molecule has 1 saturated heterocycles.